The van der Waals surface area contributed by atoms with Gasteiger partial charge in [-0.3, -0.25) is 5.10 Å². The number of rotatable bonds is 5. The average Bonchev–Trinajstić information content (AvgIpc) is 3.18. The highest BCUT2D eigenvalue weighted by Crippen LogP contribution is 2.24. The highest BCUT2D eigenvalue weighted by atomic mass is 19.1. The van der Waals surface area contributed by atoms with Crippen LogP contribution in [-0.4, -0.2) is 35.3 Å². The smallest absolute Gasteiger partial charge is 0.321 e. The van der Waals surface area contributed by atoms with Gasteiger partial charge in [0, 0.05) is 25.4 Å². The Hall–Kier alpha value is -3.35. The molecule has 0 bridgehead atoms. The summed E-state index contributed by atoms with van der Waals surface area (Å²) in [6.07, 6.45) is 3.28. The van der Waals surface area contributed by atoms with E-state index in [4.69, 9.17) is 4.74 Å². The molecule has 0 saturated carbocycles. The minimum atomic E-state index is -0.508. The third-order valence-electron chi connectivity index (χ3n) is 3.94. The van der Waals surface area contributed by atoms with Crippen LogP contribution in [0.2, 0.25) is 0 Å². The first kappa shape index (κ1) is 17.5. The summed E-state index contributed by atoms with van der Waals surface area (Å²) < 4.78 is 19.5. The van der Waals surface area contributed by atoms with Gasteiger partial charge >= 0.3 is 6.03 Å². The molecule has 0 atom stereocenters. The summed E-state index contributed by atoms with van der Waals surface area (Å²) in [7, 11) is 3.23. The molecule has 1 heterocycles. The molecule has 0 spiro atoms. The number of carbonyl (C=O) groups is 1. The Labute approximate surface area is 150 Å². The largest absolute Gasteiger partial charge is 0.497 e. The predicted octanol–water partition coefficient (Wildman–Crippen LogP) is 3.89. The molecule has 7 heteroatoms. The highest BCUT2D eigenvalue weighted by Gasteiger charge is 2.13. The lowest BCUT2D eigenvalue weighted by molar-refractivity contribution is 0.220. The van der Waals surface area contributed by atoms with Crippen molar-refractivity contribution in [3.63, 3.8) is 0 Å². The molecule has 0 radical (unpaired) electrons. The zero-order valence-corrected chi connectivity index (χ0v) is 14.5. The van der Waals surface area contributed by atoms with Crippen molar-refractivity contribution >= 4 is 11.7 Å². The molecule has 2 aromatic carbocycles. The number of anilines is 1. The molecule has 0 aliphatic rings. The minimum Gasteiger partial charge on any atom is -0.497 e. The molecule has 134 valence electrons. The molecule has 0 aliphatic carbocycles. The van der Waals surface area contributed by atoms with E-state index in [-0.39, 0.29) is 5.69 Å². The number of urea groups is 1. The van der Waals surface area contributed by atoms with E-state index in [2.05, 4.69) is 15.5 Å². The monoisotopic (exact) mass is 354 g/mol. The molecule has 0 aliphatic heterocycles. The Bertz CT molecular complexity index is 896. The minimum absolute atomic E-state index is 0.125. The quantitative estimate of drug-likeness (QED) is 0.730. The fourth-order valence-corrected chi connectivity index (χ4v) is 2.53. The molecule has 0 saturated heterocycles. The van der Waals surface area contributed by atoms with Crippen LogP contribution in [0.4, 0.5) is 14.9 Å². The molecule has 1 aromatic heterocycles. The average molecular weight is 354 g/mol. The highest BCUT2D eigenvalue weighted by molar-refractivity contribution is 5.89. The van der Waals surface area contributed by atoms with Crippen LogP contribution in [0.25, 0.3) is 11.1 Å². The van der Waals surface area contributed by atoms with E-state index in [0.29, 0.717) is 12.1 Å². The number of aromatic nitrogens is 2. The molecular formula is C19H19FN4O2. The van der Waals surface area contributed by atoms with Gasteiger partial charge in [-0.25, -0.2) is 9.18 Å². The lowest BCUT2D eigenvalue weighted by Gasteiger charge is -2.19. The van der Waals surface area contributed by atoms with Gasteiger partial charge in [0.15, 0.2) is 0 Å². The zero-order valence-electron chi connectivity index (χ0n) is 14.5. The van der Waals surface area contributed by atoms with E-state index in [1.54, 1.807) is 32.6 Å². The summed E-state index contributed by atoms with van der Waals surface area (Å²) in [5.74, 6) is 0.212. The number of methoxy groups -OCH3 is 1. The normalized spacial score (nSPS) is 10.4. The summed E-state index contributed by atoms with van der Waals surface area (Å²) in [5, 5.41) is 9.11. The third kappa shape index (κ3) is 4.00. The maximum atomic E-state index is 14.3. The number of nitrogens with one attached hydrogen (secondary N) is 2. The van der Waals surface area contributed by atoms with Gasteiger partial charge in [0.2, 0.25) is 0 Å². The molecular weight excluding hydrogens is 335 g/mol. The summed E-state index contributed by atoms with van der Waals surface area (Å²) >= 11 is 0. The van der Waals surface area contributed by atoms with Crippen LogP contribution < -0.4 is 10.1 Å². The van der Waals surface area contributed by atoms with Crippen molar-refractivity contribution in [2.75, 3.05) is 19.5 Å². The van der Waals surface area contributed by atoms with E-state index in [0.717, 1.165) is 16.9 Å². The van der Waals surface area contributed by atoms with Gasteiger partial charge in [0.25, 0.3) is 0 Å². The number of ether oxygens (including phenoxy) is 1. The molecule has 26 heavy (non-hydrogen) atoms. The molecule has 3 aromatic rings. The Morgan fingerprint density at radius 2 is 2.12 bits per heavy atom. The van der Waals surface area contributed by atoms with E-state index >= 15 is 0 Å². The number of aromatic amines is 1. The second-order valence-corrected chi connectivity index (χ2v) is 5.82. The number of benzene rings is 2. The Kier molecular flexibility index (Phi) is 5.17. The molecule has 0 unspecified atom stereocenters. The zero-order chi connectivity index (χ0) is 18.5. The maximum absolute atomic E-state index is 14.3. The van der Waals surface area contributed by atoms with E-state index in [9.17, 15) is 9.18 Å². The van der Waals surface area contributed by atoms with E-state index in [1.165, 1.54) is 17.0 Å². The van der Waals surface area contributed by atoms with Crippen molar-refractivity contribution in [2.45, 2.75) is 6.54 Å². The molecule has 2 N–H and O–H groups in total. The van der Waals surface area contributed by atoms with Gasteiger partial charge in [-0.2, -0.15) is 5.10 Å². The van der Waals surface area contributed by atoms with Crippen LogP contribution in [0.3, 0.4) is 0 Å². The first-order valence-corrected chi connectivity index (χ1v) is 8.00. The van der Waals surface area contributed by atoms with Crippen molar-refractivity contribution in [2.24, 2.45) is 0 Å². The number of carbonyl (C=O) groups excluding carboxylic acids is 1. The Morgan fingerprint density at radius 3 is 2.81 bits per heavy atom. The summed E-state index contributed by atoms with van der Waals surface area (Å²) in [5.41, 5.74) is 2.49. The van der Waals surface area contributed by atoms with Crippen LogP contribution in [0.5, 0.6) is 5.75 Å². The van der Waals surface area contributed by atoms with Crippen molar-refractivity contribution in [3.8, 4) is 16.9 Å². The van der Waals surface area contributed by atoms with Crippen molar-refractivity contribution in [3.05, 3.63) is 66.2 Å². The van der Waals surface area contributed by atoms with Crippen LogP contribution in [0.1, 0.15) is 5.56 Å². The molecule has 3 rings (SSSR count). The molecule has 6 nitrogen and oxygen atoms in total. The number of hydrogen-bond acceptors (Lipinski definition) is 3. The van der Waals surface area contributed by atoms with Gasteiger partial charge in [-0.1, -0.05) is 18.2 Å². The number of amides is 2. The summed E-state index contributed by atoms with van der Waals surface area (Å²) in [4.78, 5) is 13.8. The Morgan fingerprint density at radius 1 is 1.27 bits per heavy atom. The van der Waals surface area contributed by atoms with Crippen LogP contribution >= 0.6 is 0 Å². The van der Waals surface area contributed by atoms with Crippen molar-refractivity contribution in [1.82, 2.24) is 15.1 Å². The fraction of sp³-hybridized carbons (Fsp3) is 0.158. The topological polar surface area (TPSA) is 70.2 Å². The van der Waals surface area contributed by atoms with Crippen LogP contribution in [0.15, 0.2) is 54.9 Å². The van der Waals surface area contributed by atoms with Crippen LogP contribution in [0, 0.1) is 5.82 Å². The predicted molar refractivity (Wildman–Crippen MR) is 97.5 cm³/mol. The summed E-state index contributed by atoms with van der Waals surface area (Å²) in [6.45, 7) is 0.373. The third-order valence-corrected chi connectivity index (χ3v) is 3.94. The van der Waals surface area contributed by atoms with Gasteiger partial charge in [-0.15, -0.1) is 0 Å². The number of hydrogen-bond donors (Lipinski definition) is 2. The summed E-state index contributed by atoms with van der Waals surface area (Å²) in [6, 6.07) is 11.7. The number of H-pyrrole nitrogens is 1. The second-order valence-electron chi connectivity index (χ2n) is 5.82. The lowest BCUT2D eigenvalue weighted by atomic mass is 10.1. The van der Waals surface area contributed by atoms with E-state index in [1.807, 2.05) is 24.3 Å². The van der Waals surface area contributed by atoms with Crippen LogP contribution in [-0.2, 0) is 6.54 Å². The number of halogens is 1. The van der Waals surface area contributed by atoms with Gasteiger partial charge in [0.05, 0.1) is 19.0 Å². The fourth-order valence-electron chi connectivity index (χ4n) is 2.53. The second kappa shape index (κ2) is 7.69. The molecule has 2 amide bonds. The van der Waals surface area contributed by atoms with Crippen molar-refractivity contribution < 1.29 is 13.9 Å². The standard InChI is InChI=1S/C19H19FN4O2/c1-24(12-13-4-3-5-16(8-13)26-2)19(25)23-18-7-6-14(9-17(18)20)15-10-21-22-11-15/h3-11H,12H2,1-2H3,(H,21,22)(H,23,25). The first-order valence-electron chi connectivity index (χ1n) is 8.00. The Balaban J connectivity index is 1.67. The van der Waals surface area contributed by atoms with Gasteiger partial charge < -0.3 is 15.0 Å². The van der Waals surface area contributed by atoms with Crippen molar-refractivity contribution in [1.29, 1.82) is 0 Å². The van der Waals surface area contributed by atoms with Gasteiger partial charge in [-0.05, 0) is 35.4 Å². The lowest BCUT2D eigenvalue weighted by Crippen LogP contribution is -2.31. The maximum Gasteiger partial charge on any atom is 0.321 e. The number of nitrogens with zero attached hydrogens (tertiary/aromatic N) is 2. The van der Waals surface area contributed by atoms with Gasteiger partial charge in [0.1, 0.15) is 11.6 Å². The first-order chi connectivity index (χ1) is 12.6. The SMILES string of the molecule is COc1cccc(CN(C)C(=O)Nc2ccc(-c3cn[nH]c3)cc2F)c1. The van der Waals surface area contributed by atoms with E-state index < -0.39 is 11.8 Å². The molecule has 0 fully saturated rings.